The van der Waals surface area contributed by atoms with E-state index in [9.17, 15) is 31.2 Å². The van der Waals surface area contributed by atoms with Crippen molar-refractivity contribution in [2.45, 2.75) is 17.8 Å². The minimum absolute atomic E-state index is 0.00853. The minimum Gasteiger partial charge on any atom is -0.406 e. The van der Waals surface area contributed by atoms with Crippen molar-refractivity contribution in [3.8, 4) is 5.75 Å². The summed E-state index contributed by atoms with van der Waals surface area (Å²) < 4.78 is 66.2. The van der Waals surface area contributed by atoms with Crippen molar-refractivity contribution in [3.63, 3.8) is 0 Å². The van der Waals surface area contributed by atoms with Crippen LogP contribution in [0.25, 0.3) is 0 Å². The summed E-state index contributed by atoms with van der Waals surface area (Å²) in [6, 6.07) is 11.8. The van der Waals surface area contributed by atoms with Crippen molar-refractivity contribution in [2.24, 2.45) is 7.05 Å². The van der Waals surface area contributed by atoms with Gasteiger partial charge in [-0.15, -0.1) is 13.2 Å². The predicted octanol–water partition coefficient (Wildman–Crippen LogP) is 2.64. The molecule has 0 atom stereocenters. The summed E-state index contributed by atoms with van der Waals surface area (Å²) in [6.07, 6.45) is -3.75. The van der Waals surface area contributed by atoms with Crippen molar-refractivity contribution in [3.05, 3.63) is 81.0 Å². The first-order valence-corrected chi connectivity index (χ1v) is 11.0. The largest absolute Gasteiger partial charge is 0.573 e. The lowest BCUT2D eigenvalue weighted by atomic mass is 10.2. The van der Waals surface area contributed by atoms with E-state index in [0.29, 0.717) is 11.3 Å². The third kappa shape index (κ3) is 5.58. The van der Waals surface area contributed by atoms with Crippen LogP contribution < -0.4 is 21.3 Å². The van der Waals surface area contributed by atoms with Gasteiger partial charge in [-0.3, -0.25) is 13.9 Å². The van der Waals surface area contributed by atoms with Gasteiger partial charge < -0.3 is 10.1 Å². The van der Waals surface area contributed by atoms with Gasteiger partial charge in [-0.2, -0.15) is 0 Å². The summed E-state index contributed by atoms with van der Waals surface area (Å²) in [6.45, 7) is 0.00853. The number of ether oxygens (including phenoxy) is 1. The summed E-state index contributed by atoms with van der Waals surface area (Å²) in [5, 5.41) is 2.84. The van der Waals surface area contributed by atoms with Gasteiger partial charge in [0.1, 0.15) is 11.6 Å². The zero-order valence-corrected chi connectivity index (χ0v) is 17.7. The highest BCUT2D eigenvalue weighted by atomic mass is 32.2. The molecule has 0 bridgehead atoms. The van der Waals surface area contributed by atoms with Crippen LogP contribution in [0.3, 0.4) is 0 Å². The molecule has 1 N–H and O–H groups in total. The van der Waals surface area contributed by atoms with Crippen molar-refractivity contribution >= 4 is 21.3 Å². The van der Waals surface area contributed by atoms with E-state index in [2.05, 4.69) is 10.1 Å². The molecule has 3 aromatic rings. The Bertz CT molecular complexity index is 1340. The molecular weight excluding hydrogens is 451 g/mol. The Kier molecular flexibility index (Phi) is 6.17. The van der Waals surface area contributed by atoms with Gasteiger partial charge in [0, 0.05) is 25.1 Å². The lowest BCUT2D eigenvalue weighted by Gasteiger charge is -2.16. The molecule has 0 unspecified atom stereocenters. The second-order valence-corrected chi connectivity index (χ2v) is 8.92. The highest BCUT2D eigenvalue weighted by Gasteiger charge is 2.31. The molecule has 170 valence electrons. The number of benzene rings is 2. The van der Waals surface area contributed by atoms with E-state index in [-0.39, 0.29) is 17.3 Å². The number of halogens is 3. The summed E-state index contributed by atoms with van der Waals surface area (Å²) in [4.78, 5) is 24.9. The zero-order chi connectivity index (χ0) is 23.7. The van der Waals surface area contributed by atoms with Gasteiger partial charge in [0.2, 0.25) is 0 Å². The quantitative estimate of drug-likeness (QED) is 0.596. The van der Waals surface area contributed by atoms with Crippen LogP contribution in [-0.2, 0) is 23.4 Å². The molecule has 1 heterocycles. The maximum atomic E-state index is 12.7. The molecule has 1 aromatic heterocycles. The van der Waals surface area contributed by atoms with Gasteiger partial charge in [-0.1, -0.05) is 12.1 Å². The maximum absolute atomic E-state index is 12.7. The molecular formula is C20H18F3N3O5S. The summed E-state index contributed by atoms with van der Waals surface area (Å²) in [5.74, 6) is -0.315. The first-order chi connectivity index (χ1) is 14.8. The fourth-order valence-electron chi connectivity index (χ4n) is 2.84. The molecule has 0 saturated carbocycles. The minimum atomic E-state index is -4.83. The second-order valence-electron chi connectivity index (χ2n) is 6.91. The molecule has 8 nitrogen and oxygen atoms in total. The Balaban J connectivity index is 1.93. The molecule has 0 aliphatic heterocycles. The number of alkyl halides is 3. The molecule has 32 heavy (non-hydrogen) atoms. The molecule has 0 spiro atoms. The Labute approximate surface area is 180 Å². The Morgan fingerprint density at radius 3 is 2.12 bits per heavy atom. The number of anilines is 2. The number of nitrogens with zero attached hydrogens (tertiary/aromatic N) is 2. The Morgan fingerprint density at radius 1 is 1.00 bits per heavy atom. The van der Waals surface area contributed by atoms with E-state index in [1.807, 2.05) is 0 Å². The fourth-order valence-corrected chi connectivity index (χ4v) is 3.47. The molecule has 3 rings (SSSR count). The normalized spacial score (nSPS) is 11.9. The van der Waals surface area contributed by atoms with Crippen molar-refractivity contribution in [1.29, 1.82) is 0 Å². The van der Waals surface area contributed by atoms with Crippen LogP contribution in [0.4, 0.5) is 24.7 Å². The van der Waals surface area contributed by atoms with Crippen molar-refractivity contribution < 1.29 is 26.3 Å². The molecule has 0 aliphatic rings. The van der Waals surface area contributed by atoms with Crippen LogP contribution in [0.5, 0.6) is 5.75 Å². The summed E-state index contributed by atoms with van der Waals surface area (Å²) in [7, 11) is -2.08. The number of hydrogen-bond donors (Lipinski definition) is 1. The topological polar surface area (TPSA) is 99.4 Å². The summed E-state index contributed by atoms with van der Waals surface area (Å²) >= 11 is 0. The monoisotopic (exact) mass is 469 g/mol. The average molecular weight is 469 g/mol. The average Bonchev–Trinajstić information content (AvgIpc) is 2.69. The van der Waals surface area contributed by atoms with Crippen LogP contribution in [0.1, 0.15) is 5.56 Å². The number of sulfone groups is 1. The SMILES string of the molecule is Cn1c(=O)cc(Nc2ccc(OC(F)(F)F)cc2)n(Cc2ccc(S(C)(=O)=O)cc2)c1=O. The van der Waals surface area contributed by atoms with E-state index >= 15 is 0 Å². The van der Waals surface area contributed by atoms with Crippen molar-refractivity contribution in [1.82, 2.24) is 9.13 Å². The van der Waals surface area contributed by atoms with E-state index in [1.165, 1.54) is 41.9 Å². The number of hydrogen-bond acceptors (Lipinski definition) is 6. The fraction of sp³-hybridized carbons (Fsp3) is 0.200. The first-order valence-electron chi connectivity index (χ1n) is 9.06. The third-order valence-electron chi connectivity index (χ3n) is 4.45. The van der Waals surface area contributed by atoms with Crippen LogP contribution in [-0.4, -0.2) is 30.2 Å². The molecule has 0 saturated heterocycles. The predicted molar refractivity (Wildman–Crippen MR) is 111 cm³/mol. The third-order valence-corrected chi connectivity index (χ3v) is 5.58. The van der Waals surface area contributed by atoms with Crippen LogP contribution >= 0.6 is 0 Å². The van der Waals surface area contributed by atoms with Gasteiger partial charge in [0.05, 0.1) is 11.4 Å². The Hall–Kier alpha value is -3.54. The highest BCUT2D eigenvalue weighted by Crippen LogP contribution is 2.25. The van der Waals surface area contributed by atoms with Gasteiger partial charge in [-0.25, -0.2) is 13.2 Å². The van der Waals surface area contributed by atoms with Gasteiger partial charge in [0.25, 0.3) is 5.56 Å². The number of rotatable bonds is 6. The van der Waals surface area contributed by atoms with Crippen molar-refractivity contribution in [2.75, 3.05) is 11.6 Å². The Morgan fingerprint density at radius 2 is 1.59 bits per heavy atom. The van der Waals surface area contributed by atoms with E-state index < -0.39 is 33.2 Å². The number of nitrogens with one attached hydrogen (secondary N) is 1. The molecule has 12 heteroatoms. The van der Waals surface area contributed by atoms with Gasteiger partial charge >= 0.3 is 12.1 Å². The molecule has 0 aliphatic carbocycles. The molecule has 0 radical (unpaired) electrons. The lowest BCUT2D eigenvalue weighted by Crippen LogP contribution is -2.38. The zero-order valence-electron chi connectivity index (χ0n) is 16.9. The van der Waals surface area contributed by atoms with E-state index in [4.69, 9.17) is 0 Å². The standard InChI is InChI=1S/C20H18F3N3O5S/c1-25-18(27)11-17(24-14-5-7-15(8-6-14)31-20(21,22)23)26(19(25)28)12-13-3-9-16(10-4-13)32(2,29)30/h3-11,24H,12H2,1-2H3. The molecule has 2 aromatic carbocycles. The van der Waals surface area contributed by atoms with Crippen LogP contribution in [0, 0.1) is 0 Å². The van der Waals surface area contributed by atoms with Crippen LogP contribution in [0.15, 0.2) is 69.1 Å². The maximum Gasteiger partial charge on any atom is 0.573 e. The first kappa shape index (κ1) is 23.1. The summed E-state index contributed by atoms with van der Waals surface area (Å²) in [5.41, 5.74) is -0.314. The lowest BCUT2D eigenvalue weighted by molar-refractivity contribution is -0.274. The van der Waals surface area contributed by atoms with E-state index in [1.54, 1.807) is 12.1 Å². The smallest absolute Gasteiger partial charge is 0.406 e. The second kappa shape index (κ2) is 8.54. The van der Waals surface area contributed by atoms with E-state index in [0.717, 1.165) is 23.0 Å². The van der Waals surface area contributed by atoms with Gasteiger partial charge in [0.15, 0.2) is 9.84 Å². The van der Waals surface area contributed by atoms with Crippen LogP contribution in [0.2, 0.25) is 0 Å². The highest BCUT2D eigenvalue weighted by molar-refractivity contribution is 7.90. The molecule has 0 amide bonds. The number of aromatic nitrogens is 2. The van der Waals surface area contributed by atoms with Gasteiger partial charge in [-0.05, 0) is 42.0 Å². The molecule has 0 fully saturated rings.